The van der Waals surface area contributed by atoms with Crippen molar-refractivity contribution in [2.24, 2.45) is 0 Å². The molecule has 190 valence electrons. The molecule has 1 atom stereocenters. The molecule has 1 amide bonds. The second-order valence-corrected chi connectivity index (χ2v) is 15.2. The number of aromatic carboxylic acids is 1. The van der Waals surface area contributed by atoms with Crippen LogP contribution in [0.1, 0.15) is 54.8 Å². The number of ether oxygens (including phenoxy) is 2. The molecule has 1 unspecified atom stereocenters. The van der Waals surface area contributed by atoms with Crippen molar-refractivity contribution in [3.63, 3.8) is 0 Å². The molecule has 0 bridgehead atoms. The van der Waals surface area contributed by atoms with Gasteiger partial charge in [0.2, 0.25) is 0 Å². The summed E-state index contributed by atoms with van der Waals surface area (Å²) in [7, 11) is -1.97. The first-order chi connectivity index (χ1) is 16.3. The number of nitrogens with zero attached hydrogens (tertiary/aromatic N) is 1. The number of carbonyl (C=O) groups excluding carboxylic acids is 1. The van der Waals surface area contributed by atoms with Crippen molar-refractivity contribution in [2.45, 2.75) is 58.4 Å². The summed E-state index contributed by atoms with van der Waals surface area (Å²) in [5.41, 5.74) is 0.188. The van der Waals surface area contributed by atoms with E-state index in [-0.39, 0.29) is 45.4 Å². The Morgan fingerprint density at radius 1 is 1.09 bits per heavy atom. The highest BCUT2D eigenvalue weighted by molar-refractivity contribution is 6.74. The summed E-state index contributed by atoms with van der Waals surface area (Å²) in [6, 6.07) is 8.19. The minimum Gasteiger partial charge on any atom is -0.488 e. The van der Waals surface area contributed by atoms with Crippen molar-refractivity contribution in [2.75, 3.05) is 19.7 Å². The SMILES string of the molecule is CC(CO[Si](C)(C)C(C)(C)C)Oc1cc(Oc2ccc(C(=O)N3CCC3)cc2F)cc(C(=O)O)c1. The maximum Gasteiger partial charge on any atom is 0.335 e. The van der Waals surface area contributed by atoms with Gasteiger partial charge in [-0.25, -0.2) is 9.18 Å². The Kier molecular flexibility index (Phi) is 7.91. The number of rotatable bonds is 9. The van der Waals surface area contributed by atoms with Crippen LogP contribution >= 0.6 is 0 Å². The molecule has 1 aliphatic heterocycles. The maximum atomic E-state index is 14.7. The number of hydrogen-bond donors (Lipinski definition) is 1. The molecule has 0 aliphatic carbocycles. The Bertz CT molecular complexity index is 1090. The summed E-state index contributed by atoms with van der Waals surface area (Å²) < 4.78 is 32.5. The summed E-state index contributed by atoms with van der Waals surface area (Å²) >= 11 is 0. The third kappa shape index (κ3) is 6.61. The molecule has 1 fully saturated rings. The van der Waals surface area contributed by atoms with Crippen molar-refractivity contribution in [1.29, 1.82) is 0 Å². The van der Waals surface area contributed by atoms with E-state index >= 15 is 0 Å². The lowest BCUT2D eigenvalue weighted by Gasteiger charge is -2.36. The second-order valence-electron chi connectivity index (χ2n) is 10.4. The molecule has 1 heterocycles. The Balaban J connectivity index is 1.74. The normalized spacial score (nSPS) is 14.8. The smallest absolute Gasteiger partial charge is 0.335 e. The summed E-state index contributed by atoms with van der Waals surface area (Å²) in [5, 5.41) is 9.57. The summed E-state index contributed by atoms with van der Waals surface area (Å²) in [6.45, 7) is 14.3. The predicted octanol–water partition coefficient (Wildman–Crippen LogP) is 5.95. The van der Waals surface area contributed by atoms with Gasteiger partial charge in [-0.15, -0.1) is 0 Å². The molecule has 2 aromatic carbocycles. The van der Waals surface area contributed by atoms with Gasteiger partial charge in [-0.05, 0) is 61.8 Å². The van der Waals surface area contributed by atoms with Gasteiger partial charge in [-0.1, -0.05) is 20.8 Å². The molecule has 7 nitrogen and oxygen atoms in total. The average molecular weight is 504 g/mol. The van der Waals surface area contributed by atoms with Crippen molar-refractivity contribution in [1.82, 2.24) is 4.90 Å². The summed E-state index contributed by atoms with van der Waals surface area (Å²) in [6.07, 6.45) is 0.602. The number of likely N-dealkylation sites (tertiary alicyclic amines) is 1. The molecule has 0 aromatic heterocycles. The van der Waals surface area contributed by atoms with E-state index in [1.807, 2.05) is 6.92 Å². The lowest BCUT2D eigenvalue weighted by Crippen LogP contribution is -2.43. The molecule has 0 spiro atoms. The zero-order valence-corrected chi connectivity index (χ0v) is 22.2. The van der Waals surface area contributed by atoms with Gasteiger partial charge >= 0.3 is 5.97 Å². The topological polar surface area (TPSA) is 85.3 Å². The fraction of sp³-hybridized carbons (Fsp3) is 0.462. The van der Waals surface area contributed by atoms with Crippen molar-refractivity contribution < 1.29 is 33.0 Å². The number of carboxylic acid groups (broad SMARTS) is 1. The van der Waals surface area contributed by atoms with E-state index < -0.39 is 20.1 Å². The van der Waals surface area contributed by atoms with Gasteiger partial charge in [0.25, 0.3) is 5.91 Å². The highest BCUT2D eigenvalue weighted by Gasteiger charge is 2.37. The maximum absolute atomic E-state index is 14.7. The number of hydrogen-bond acceptors (Lipinski definition) is 5. The highest BCUT2D eigenvalue weighted by atomic mass is 28.4. The number of carboxylic acids is 1. The average Bonchev–Trinajstić information content (AvgIpc) is 2.71. The Labute approximate surface area is 206 Å². The zero-order chi connectivity index (χ0) is 26.0. The molecule has 1 saturated heterocycles. The molecular formula is C26H34FNO6Si. The molecule has 35 heavy (non-hydrogen) atoms. The van der Waals surface area contributed by atoms with Crippen LogP contribution in [-0.2, 0) is 4.43 Å². The Morgan fingerprint density at radius 2 is 1.74 bits per heavy atom. The monoisotopic (exact) mass is 503 g/mol. The van der Waals surface area contributed by atoms with E-state index in [0.29, 0.717) is 19.7 Å². The fourth-order valence-electron chi connectivity index (χ4n) is 3.18. The largest absolute Gasteiger partial charge is 0.488 e. The number of halogens is 1. The molecule has 1 N–H and O–H groups in total. The summed E-state index contributed by atoms with van der Waals surface area (Å²) in [5.74, 6) is -1.83. The van der Waals surface area contributed by atoms with Crippen LogP contribution in [0, 0.1) is 5.82 Å². The minimum atomic E-state index is -1.97. The van der Waals surface area contributed by atoms with Crippen molar-refractivity contribution >= 4 is 20.2 Å². The van der Waals surface area contributed by atoms with E-state index in [0.717, 1.165) is 12.5 Å². The van der Waals surface area contributed by atoms with Gasteiger partial charge in [0.1, 0.15) is 17.6 Å². The Hall–Kier alpha value is -2.91. The molecule has 3 rings (SSSR count). The van der Waals surface area contributed by atoms with Gasteiger partial charge in [0.15, 0.2) is 19.9 Å². The van der Waals surface area contributed by atoms with Gasteiger partial charge in [-0.2, -0.15) is 0 Å². The number of carbonyl (C=O) groups is 2. The molecule has 0 saturated carbocycles. The van der Waals surface area contributed by atoms with Gasteiger partial charge < -0.3 is 23.9 Å². The third-order valence-corrected chi connectivity index (χ3v) is 11.0. The molecule has 0 radical (unpaired) electrons. The zero-order valence-electron chi connectivity index (χ0n) is 21.2. The minimum absolute atomic E-state index is 0.0520. The molecule has 1 aliphatic rings. The van der Waals surface area contributed by atoms with Gasteiger partial charge in [0.05, 0.1) is 12.2 Å². The third-order valence-electron chi connectivity index (χ3n) is 6.50. The van der Waals surface area contributed by atoms with Crippen molar-refractivity contribution in [3.05, 3.63) is 53.3 Å². The number of amides is 1. The summed E-state index contributed by atoms with van der Waals surface area (Å²) in [4.78, 5) is 25.6. The van der Waals surface area contributed by atoms with E-state index in [1.165, 1.54) is 30.3 Å². The van der Waals surface area contributed by atoms with E-state index in [4.69, 9.17) is 13.9 Å². The van der Waals surface area contributed by atoms with Gasteiger partial charge in [0, 0.05) is 24.7 Å². The second kappa shape index (κ2) is 10.4. The van der Waals surface area contributed by atoms with Crippen molar-refractivity contribution in [3.8, 4) is 17.2 Å². The lowest BCUT2D eigenvalue weighted by atomic mass is 10.1. The van der Waals surface area contributed by atoms with Crippen LogP contribution in [-0.4, -0.2) is 56.0 Å². The first-order valence-electron chi connectivity index (χ1n) is 11.7. The van der Waals surface area contributed by atoms with Crippen LogP contribution in [0.15, 0.2) is 36.4 Å². The molecule has 9 heteroatoms. The number of benzene rings is 2. The lowest BCUT2D eigenvalue weighted by molar-refractivity contribution is 0.0649. The predicted molar refractivity (Wildman–Crippen MR) is 134 cm³/mol. The van der Waals surface area contributed by atoms with E-state index in [1.54, 1.807) is 4.90 Å². The standard InChI is InChI=1S/C26H34FNO6Si/c1-17(16-32-35(5,6)26(2,3)4)33-20-12-19(25(30)31)13-21(15-20)34-23-9-8-18(14-22(23)27)24(29)28-10-7-11-28/h8-9,12-15,17H,7,10-11,16H2,1-6H3,(H,30,31). The van der Waals surface area contributed by atoms with Crippen LogP contribution in [0.2, 0.25) is 18.1 Å². The molecular weight excluding hydrogens is 469 g/mol. The molecule has 2 aromatic rings. The van der Waals surface area contributed by atoms with E-state index in [2.05, 4.69) is 33.9 Å². The first kappa shape index (κ1) is 26.7. The Morgan fingerprint density at radius 3 is 2.29 bits per heavy atom. The first-order valence-corrected chi connectivity index (χ1v) is 14.6. The van der Waals surface area contributed by atoms with E-state index in [9.17, 15) is 19.1 Å². The van der Waals surface area contributed by atoms with Crippen LogP contribution in [0.25, 0.3) is 0 Å². The fourth-order valence-corrected chi connectivity index (χ4v) is 4.26. The van der Waals surface area contributed by atoms with Gasteiger partial charge in [-0.3, -0.25) is 4.79 Å². The van der Waals surface area contributed by atoms with Crippen LogP contribution < -0.4 is 9.47 Å². The van der Waals surface area contributed by atoms with Crippen LogP contribution in [0.3, 0.4) is 0 Å². The van der Waals surface area contributed by atoms with Crippen LogP contribution in [0.4, 0.5) is 4.39 Å². The highest BCUT2D eigenvalue weighted by Crippen LogP contribution is 2.37. The van der Waals surface area contributed by atoms with Crippen LogP contribution in [0.5, 0.6) is 17.2 Å². The quantitative estimate of drug-likeness (QED) is 0.426.